The number of sulfonamides is 1. The number of aromatic nitrogens is 2. The van der Waals surface area contributed by atoms with E-state index in [1.165, 1.54) is 19.2 Å². The Morgan fingerprint density at radius 2 is 1.83 bits per heavy atom. The molecular formula is C22H18FN3O3S. The van der Waals surface area contributed by atoms with Gasteiger partial charge in [-0.1, -0.05) is 30.3 Å². The fraction of sp³-hybridized carbons (Fsp3) is 0.0909. The van der Waals surface area contributed by atoms with Gasteiger partial charge in [-0.2, -0.15) is 0 Å². The van der Waals surface area contributed by atoms with Crippen molar-refractivity contribution in [1.82, 2.24) is 14.7 Å². The highest BCUT2D eigenvalue weighted by molar-refractivity contribution is 7.89. The Bertz CT molecular complexity index is 1390. The van der Waals surface area contributed by atoms with Gasteiger partial charge in [0.15, 0.2) is 6.29 Å². The Morgan fingerprint density at radius 3 is 2.53 bits per heavy atom. The van der Waals surface area contributed by atoms with Gasteiger partial charge in [0.2, 0.25) is 10.0 Å². The van der Waals surface area contributed by atoms with Crippen molar-refractivity contribution in [3.8, 4) is 22.3 Å². The molecule has 6 nitrogen and oxygen atoms in total. The van der Waals surface area contributed by atoms with Gasteiger partial charge in [0.05, 0.1) is 4.90 Å². The lowest BCUT2D eigenvalue weighted by atomic mass is 9.98. The van der Waals surface area contributed by atoms with Crippen LogP contribution in [0, 0.1) is 12.7 Å². The maximum absolute atomic E-state index is 15.1. The van der Waals surface area contributed by atoms with Crippen LogP contribution in [0.5, 0.6) is 0 Å². The average molecular weight is 423 g/mol. The zero-order chi connectivity index (χ0) is 21.5. The van der Waals surface area contributed by atoms with Crippen molar-refractivity contribution in [2.24, 2.45) is 0 Å². The van der Waals surface area contributed by atoms with E-state index < -0.39 is 15.8 Å². The summed E-state index contributed by atoms with van der Waals surface area (Å²) < 4.78 is 42.1. The van der Waals surface area contributed by atoms with Crippen LogP contribution in [0.3, 0.4) is 0 Å². The predicted molar refractivity (Wildman–Crippen MR) is 113 cm³/mol. The van der Waals surface area contributed by atoms with Crippen LogP contribution in [-0.4, -0.2) is 31.7 Å². The first-order chi connectivity index (χ1) is 14.4. The molecule has 30 heavy (non-hydrogen) atoms. The molecule has 0 radical (unpaired) electrons. The molecule has 0 saturated heterocycles. The first kappa shape index (κ1) is 19.9. The third-order valence-electron chi connectivity index (χ3n) is 5.03. The molecule has 0 aliphatic rings. The molecule has 2 aromatic heterocycles. The number of nitrogens with zero attached hydrogens (tertiary/aromatic N) is 1. The molecule has 0 bridgehead atoms. The quantitative estimate of drug-likeness (QED) is 0.474. The molecule has 152 valence electrons. The first-order valence-electron chi connectivity index (χ1n) is 9.12. The van der Waals surface area contributed by atoms with Gasteiger partial charge in [-0.25, -0.2) is 22.5 Å². The van der Waals surface area contributed by atoms with Crippen molar-refractivity contribution in [3.63, 3.8) is 0 Å². The number of aromatic amines is 1. The van der Waals surface area contributed by atoms with Crippen LogP contribution in [0.25, 0.3) is 33.3 Å². The van der Waals surface area contributed by atoms with Gasteiger partial charge >= 0.3 is 0 Å². The summed E-state index contributed by atoms with van der Waals surface area (Å²) >= 11 is 0. The number of carbonyl (C=O) groups is 1. The molecule has 4 aromatic rings. The zero-order valence-corrected chi connectivity index (χ0v) is 17.0. The van der Waals surface area contributed by atoms with Gasteiger partial charge in [0, 0.05) is 39.5 Å². The molecule has 0 spiro atoms. The van der Waals surface area contributed by atoms with E-state index in [0.717, 1.165) is 6.29 Å². The molecule has 0 atom stereocenters. The lowest BCUT2D eigenvalue weighted by molar-refractivity contribution is 0.112. The van der Waals surface area contributed by atoms with Crippen molar-refractivity contribution in [1.29, 1.82) is 0 Å². The van der Waals surface area contributed by atoms with Crippen molar-refractivity contribution in [2.75, 3.05) is 7.05 Å². The van der Waals surface area contributed by atoms with Gasteiger partial charge in [0.25, 0.3) is 0 Å². The van der Waals surface area contributed by atoms with E-state index in [1.807, 2.05) is 0 Å². The summed E-state index contributed by atoms with van der Waals surface area (Å²) in [5.74, 6) is -0.517. The van der Waals surface area contributed by atoms with Crippen molar-refractivity contribution in [3.05, 3.63) is 71.8 Å². The summed E-state index contributed by atoms with van der Waals surface area (Å²) in [4.78, 5) is 18.7. The Morgan fingerprint density at radius 1 is 1.07 bits per heavy atom. The monoisotopic (exact) mass is 423 g/mol. The Hall–Kier alpha value is -3.36. The Labute approximate surface area is 172 Å². The van der Waals surface area contributed by atoms with Crippen LogP contribution >= 0.6 is 0 Å². The molecule has 2 heterocycles. The van der Waals surface area contributed by atoms with E-state index in [9.17, 15) is 13.2 Å². The van der Waals surface area contributed by atoms with Crippen LogP contribution < -0.4 is 4.72 Å². The summed E-state index contributed by atoms with van der Waals surface area (Å²) in [6.45, 7) is 1.76. The number of hydrogen-bond acceptors (Lipinski definition) is 4. The van der Waals surface area contributed by atoms with Crippen LogP contribution in [0.15, 0.2) is 59.6 Å². The maximum Gasteiger partial charge on any atom is 0.240 e. The summed E-state index contributed by atoms with van der Waals surface area (Å²) in [6, 6.07) is 12.7. The van der Waals surface area contributed by atoms with Crippen LogP contribution in [0.4, 0.5) is 4.39 Å². The number of benzene rings is 2. The zero-order valence-electron chi connectivity index (χ0n) is 16.2. The summed E-state index contributed by atoms with van der Waals surface area (Å²) in [6.07, 6.45) is 2.28. The molecule has 8 heteroatoms. The molecule has 0 fully saturated rings. The summed E-state index contributed by atoms with van der Waals surface area (Å²) in [5, 5.41) is 0.611. The van der Waals surface area contributed by atoms with Gasteiger partial charge in [0.1, 0.15) is 11.5 Å². The molecular weight excluding hydrogens is 405 g/mol. The van der Waals surface area contributed by atoms with E-state index >= 15 is 4.39 Å². The minimum atomic E-state index is -3.70. The fourth-order valence-corrected chi connectivity index (χ4v) is 4.43. The smallest absolute Gasteiger partial charge is 0.240 e. The second kappa shape index (κ2) is 7.47. The molecule has 2 N–H and O–H groups in total. The Kier molecular flexibility index (Phi) is 4.97. The van der Waals surface area contributed by atoms with Crippen LogP contribution in [0.2, 0.25) is 0 Å². The topological polar surface area (TPSA) is 91.9 Å². The van der Waals surface area contributed by atoms with E-state index in [2.05, 4.69) is 14.7 Å². The maximum atomic E-state index is 15.1. The second-order valence-electron chi connectivity index (χ2n) is 6.78. The minimum Gasteiger partial charge on any atom is -0.345 e. The van der Waals surface area contributed by atoms with Crippen molar-refractivity contribution < 1.29 is 17.6 Å². The van der Waals surface area contributed by atoms with Crippen LogP contribution in [0.1, 0.15) is 16.1 Å². The normalized spacial score (nSPS) is 11.7. The summed E-state index contributed by atoms with van der Waals surface area (Å²) in [5.41, 5.74) is 3.32. The number of aryl methyl sites for hydroxylation is 1. The Balaban J connectivity index is 1.86. The third-order valence-corrected chi connectivity index (χ3v) is 6.50. The number of aldehydes is 1. The molecule has 2 aromatic carbocycles. The lowest BCUT2D eigenvalue weighted by Gasteiger charge is -2.12. The van der Waals surface area contributed by atoms with E-state index in [4.69, 9.17) is 0 Å². The average Bonchev–Trinajstić information content (AvgIpc) is 3.15. The molecule has 0 aliphatic heterocycles. The van der Waals surface area contributed by atoms with Gasteiger partial charge in [-0.05, 0) is 37.7 Å². The van der Waals surface area contributed by atoms with E-state index in [-0.39, 0.29) is 4.90 Å². The van der Waals surface area contributed by atoms with Gasteiger partial charge in [-0.3, -0.25) is 4.79 Å². The minimum absolute atomic E-state index is 0.0712. The molecule has 0 amide bonds. The third kappa shape index (κ3) is 3.30. The number of H-pyrrole nitrogens is 1. The van der Waals surface area contributed by atoms with Crippen molar-refractivity contribution in [2.45, 2.75) is 11.8 Å². The fourth-order valence-electron chi connectivity index (χ4n) is 3.48. The number of hydrogen-bond donors (Lipinski definition) is 2. The van der Waals surface area contributed by atoms with Gasteiger partial charge < -0.3 is 4.98 Å². The van der Waals surface area contributed by atoms with Gasteiger partial charge in [-0.15, -0.1) is 0 Å². The number of nitrogens with one attached hydrogen (secondary N) is 2. The predicted octanol–water partition coefficient (Wildman–Crippen LogP) is 4.07. The highest BCUT2D eigenvalue weighted by Gasteiger charge is 2.19. The highest BCUT2D eigenvalue weighted by atomic mass is 32.2. The second-order valence-corrected chi connectivity index (χ2v) is 8.63. The first-order valence-corrected chi connectivity index (χ1v) is 10.6. The molecule has 4 rings (SSSR count). The lowest BCUT2D eigenvalue weighted by Crippen LogP contribution is -2.19. The van der Waals surface area contributed by atoms with Crippen LogP contribution in [-0.2, 0) is 10.0 Å². The number of halogens is 1. The summed E-state index contributed by atoms with van der Waals surface area (Å²) in [7, 11) is -2.37. The van der Waals surface area contributed by atoms with E-state index in [0.29, 0.717) is 44.5 Å². The number of rotatable bonds is 5. The van der Waals surface area contributed by atoms with Crippen molar-refractivity contribution >= 4 is 27.3 Å². The van der Waals surface area contributed by atoms with E-state index in [1.54, 1.807) is 49.5 Å². The highest BCUT2D eigenvalue weighted by Crippen LogP contribution is 2.33. The largest absolute Gasteiger partial charge is 0.345 e. The number of carbonyl (C=O) groups excluding carboxylic acids is 1. The standard InChI is InChI=1S/C22H18FN3O3S/c1-13-18(10-19-15(12-27)11-25-22(19)26-13)17-8-7-14(9-20(17)23)16-5-3-4-6-21(16)30(28,29)24-2/h3-12,24H,1-2H3,(H,25,26). The molecule has 0 unspecified atom stereocenters. The number of fused-ring (bicyclic) bond motifs is 1. The SMILES string of the molecule is CNS(=O)(=O)c1ccccc1-c1ccc(-c2cc3c(C=O)c[nH]c3nc2C)c(F)c1. The number of pyridine rings is 1. The molecule has 0 saturated carbocycles. The molecule has 0 aliphatic carbocycles.